The van der Waals surface area contributed by atoms with Crippen molar-refractivity contribution in [1.29, 1.82) is 0 Å². The van der Waals surface area contributed by atoms with Gasteiger partial charge in [0, 0.05) is 28.1 Å². The standard InChI is InChI=1S/C20H20ClNO4S/c1-3-4-5-18-19(20(23)13-6-8-14(21)9-7-13)16-12-15(22-27(2,24)25)10-11-17(16)26-18/h6-12,22H,3-5H2,1-2H3. The number of ketones is 1. The zero-order chi connectivity index (χ0) is 19.6. The Kier molecular flexibility index (Phi) is 5.58. The highest BCUT2D eigenvalue weighted by molar-refractivity contribution is 7.92. The summed E-state index contributed by atoms with van der Waals surface area (Å²) in [5.41, 5.74) is 1.91. The molecule has 0 amide bonds. The Bertz CT molecular complexity index is 1090. The van der Waals surface area contributed by atoms with Crippen LogP contribution in [0.25, 0.3) is 11.0 Å². The van der Waals surface area contributed by atoms with Crippen molar-refractivity contribution in [2.45, 2.75) is 26.2 Å². The van der Waals surface area contributed by atoms with E-state index in [1.165, 1.54) is 0 Å². The van der Waals surface area contributed by atoms with E-state index in [1.54, 1.807) is 42.5 Å². The maximum absolute atomic E-state index is 13.2. The van der Waals surface area contributed by atoms with Gasteiger partial charge in [0.1, 0.15) is 11.3 Å². The minimum atomic E-state index is -3.42. The van der Waals surface area contributed by atoms with Gasteiger partial charge in [-0.1, -0.05) is 24.9 Å². The minimum absolute atomic E-state index is 0.173. The fraction of sp³-hybridized carbons (Fsp3) is 0.250. The van der Waals surface area contributed by atoms with Gasteiger partial charge in [0.05, 0.1) is 11.8 Å². The second kappa shape index (κ2) is 7.74. The van der Waals surface area contributed by atoms with Crippen molar-refractivity contribution in [2.75, 3.05) is 11.0 Å². The first-order valence-corrected chi connectivity index (χ1v) is 10.9. The summed E-state index contributed by atoms with van der Waals surface area (Å²) in [6.45, 7) is 2.07. The van der Waals surface area contributed by atoms with Crippen molar-refractivity contribution in [2.24, 2.45) is 0 Å². The van der Waals surface area contributed by atoms with Gasteiger partial charge < -0.3 is 4.42 Å². The van der Waals surface area contributed by atoms with Crippen LogP contribution < -0.4 is 4.72 Å². The number of furan rings is 1. The molecule has 3 aromatic rings. The number of aryl methyl sites for hydroxylation is 1. The van der Waals surface area contributed by atoms with Gasteiger partial charge in [0.25, 0.3) is 0 Å². The zero-order valence-electron chi connectivity index (χ0n) is 15.1. The van der Waals surface area contributed by atoms with Gasteiger partial charge in [-0.15, -0.1) is 0 Å². The SMILES string of the molecule is CCCCc1oc2ccc(NS(C)(=O)=O)cc2c1C(=O)c1ccc(Cl)cc1. The molecule has 7 heteroatoms. The number of benzene rings is 2. The summed E-state index contributed by atoms with van der Waals surface area (Å²) in [4.78, 5) is 13.2. The average molecular weight is 406 g/mol. The Morgan fingerprint density at radius 2 is 1.85 bits per heavy atom. The number of carbonyl (C=O) groups excluding carboxylic acids is 1. The first-order valence-electron chi connectivity index (χ1n) is 8.62. The number of carbonyl (C=O) groups is 1. The van der Waals surface area contributed by atoms with Gasteiger partial charge in [-0.05, 0) is 48.9 Å². The number of hydrogen-bond acceptors (Lipinski definition) is 4. The highest BCUT2D eigenvalue weighted by atomic mass is 35.5. The number of fused-ring (bicyclic) bond motifs is 1. The third kappa shape index (κ3) is 4.51. The minimum Gasteiger partial charge on any atom is -0.460 e. The third-order valence-corrected chi connectivity index (χ3v) is 5.01. The van der Waals surface area contributed by atoms with Crippen molar-refractivity contribution in [1.82, 2.24) is 0 Å². The predicted molar refractivity (Wildman–Crippen MR) is 108 cm³/mol. The lowest BCUT2D eigenvalue weighted by molar-refractivity contribution is 0.103. The van der Waals surface area contributed by atoms with Crippen LogP contribution >= 0.6 is 11.6 Å². The van der Waals surface area contributed by atoms with Gasteiger partial charge in [0.2, 0.25) is 10.0 Å². The number of unbranched alkanes of at least 4 members (excludes halogenated alkanes) is 1. The first kappa shape index (κ1) is 19.5. The number of rotatable bonds is 7. The molecule has 0 radical (unpaired) electrons. The van der Waals surface area contributed by atoms with E-state index in [2.05, 4.69) is 11.6 Å². The smallest absolute Gasteiger partial charge is 0.229 e. The summed E-state index contributed by atoms with van der Waals surface area (Å²) in [5.74, 6) is 0.441. The van der Waals surface area contributed by atoms with Crippen molar-refractivity contribution in [3.05, 3.63) is 64.4 Å². The molecule has 0 aliphatic rings. The highest BCUT2D eigenvalue weighted by Gasteiger charge is 2.22. The van der Waals surface area contributed by atoms with Crippen LogP contribution in [-0.4, -0.2) is 20.5 Å². The molecule has 0 atom stereocenters. The summed E-state index contributed by atoms with van der Waals surface area (Å²) in [7, 11) is -3.42. The Hall–Kier alpha value is -2.31. The molecule has 0 saturated carbocycles. The lowest BCUT2D eigenvalue weighted by Gasteiger charge is -2.05. The molecule has 0 fully saturated rings. The van der Waals surface area contributed by atoms with Crippen LogP contribution in [0.3, 0.4) is 0 Å². The van der Waals surface area contributed by atoms with Crippen molar-refractivity contribution in [3.8, 4) is 0 Å². The van der Waals surface area contributed by atoms with Gasteiger partial charge in [-0.2, -0.15) is 0 Å². The largest absolute Gasteiger partial charge is 0.460 e. The van der Waals surface area contributed by atoms with E-state index in [1.807, 2.05) is 0 Å². The summed E-state index contributed by atoms with van der Waals surface area (Å²) in [5, 5.41) is 1.14. The molecule has 142 valence electrons. The first-order chi connectivity index (χ1) is 12.8. The second-order valence-electron chi connectivity index (χ2n) is 6.42. The molecule has 0 aliphatic heterocycles. The Labute approximate surface area is 163 Å². The average Bonchev–Trinajstić information content (AvgIpc) is 2.96. The van der Waals surface area contributed by atoms with Crippen LogP contribution in [0.1, 0.15) is 41.4 Å². The molecule has 0 unspecified atom stereocenters. The highest BCUT2D eigenvalue weighted by Crippen LogP contribution is 2.32. The van der Waals surface area contributed by atoms with Crippen LogP contribution in [0, 0.1) is 0 Å². The molecule has 1 aromatic heterocycles. The molecule has 27 heavy (non-hydrogen) atoms. The van der Waals surface area contributed by atoms with Gasteiger partial charge in [-0.25, -0.2) is 8.42 Å². The van der Waals surface area contributed by atoms with E-state index in [4.69, 9.17) is 16.0 Å². The van der Waals surface area contributed by atoms with Crippen molar-refractivity contribution in [3.63, 3.8) is 0 Å². The summed E-state index contributed by atoms with van der Waals surface area (Å²) in [6.07, 6.45) is 3.56. The van der Waals surface area contributed by atoms with Crippen LogP contribution in [0.15, 0.2) is 46.9 Å². The zero-order valence-corrected chi connectivity index (χ0v) is 16.7. The van der Waals surface area contributed by atoms with Crippen LogP contribution in [0.5, 0.6) is 0 Å². The molecule has 0 spiro atoms. The fourth-order valence-corrected chi connectivity index (χ4v) is 3.61. The Balaban J connectivity index is 2.14. The number of anilines is 1. The van der Waals surface area contributed by atoms with E-state index in [9.17, 15) is 13.2 Å². The molecule has 1 N–H and O–H groups in total. The van der Waals surface area contributed by atoms with E-state index in [0.717, 1.165) is 19.1 Å². The molecule has 0 saturated heterocycles. The summed E-state index contributed by atoms with van der Waals surface area (Å²) in [6, 6.07) is 11.6. The lowest BCUT2D eigenvalue weighted by atomic mass is 9.98. The van der Waals surface area contributed by atoms with Crippen LogP contribution in [0.4, 0.5) is 5.69 Å². The molecule has 0 bridgehead atoms. The molecule has 0 aliphatic carbocycles. The normalized spacial score (nSPS) is 11.7. The van der Waals surface area contributed by atoms with E-state index in [-0.39, 0.29) is 5.78 Å². The van der Waals surface area contributed by atoms with Gasteiger partial charge >= 0.3 is 0 Å². The van der Waals surface area contributed by atoms with Crippen LogP contribution in [0.2, 0.25) is 5.02 Å². The topological polar surface area (TPSA) is 76.4 Å². The maximum Gasteiger partial charge on any atom is 0.229 e. The Morgan fingerprint density at radius 3 is 2.48 bits per heavy atom. The van der Waals surface area contributed by atoms with E-state index < -0.39 is 10.0 Å². The third-order valence-electron chi connectivity index (χ3n) is 4.16. The predicted octanol–water partition coefficient (Wildman–Crippen LogP) is 5.03. The number of sulfonamides is 1. The molecular weight excluding hydrogens is 386 g/mol. The van der Waals surface area contributed by atoms with Gasteiger partial charge in [-0.3, -0.25) is 9.52 Å². The van der Waals surface area contributed by atoms with Crippen molar-refractivity contribution < 1.29 is 17.6 Å². The Morgan fingerprint density at radius 1 is 1.15 bits per heavy atom. The van der Waals surface area contributed by atoms with E-state index >= 15 is 0 Å². The summed E-state index contributed by atoms with van der Waals surface area (Å²) < 4.78 is 31.5. The molecule has 1 heterocycles. The molecular formula is C20H20ClNO4S. The molecule has 3 rings (SSSR count). The monoisotopic (exact) mass is 405 g/mol. The number of nitrogens with one attached hydrogen (secondary N) is 1. The maximum atomic E-state index is 13.2. The molecule has 2 aromatic carbocycles. The number of hydrogen-bond donors (Lipinski definition) is 1. The quantitative estimate of drug-likeness (QED) is 0.559. The fourth-order valence-electron chi connectivity index (χ4n) is 2.93. The van der Waals surface area contributed by atoms with E-state index in [0.29, 0.717) is 45.0 Å². The van der Waals surface area contributed by atoms with Gasteiger partial charge in [0.15, 0.2) is 5.78 Å². The second-order valence-corrected chi connectivity index (χ2v) is 8.61. The van der Waals surface area contributed by atoms with Crippen molar-refractivity contribution >= 4 is 44.1 Å². The number of halogens is 1. The lowest BCUT2D eigenvalue weighted by Crippen LogP contribution is -2.09. The molecule has 5 nitrogen and oxygen atoms in total. The van der Waals surface area contributed by atoms with Crippen LogP contribution in [-0.2, 0) is 16.4 Å². The summed E-state index contributed by atoms with van der Waals surface area (Å²) >= 11 is 5.92.